The minimum absolute atomic E-state index is 0.0265. The zero-order valence-corrected chi connectivity index (χ0v) is 19.6. The lowest BCUT2D eigenvalue weighted by molar-refractivity contribution is -0.490. The Hall–Kier alpha value is -3.98. The summed E-state index contributed by atoms with van der Waals surface area (Å²) in [4.78, 5) is 4.96. The van der Waals surface area contributed by atoms with Crippen LogP contribution in [0.3, 0.4) is 0 Å². The van der Waals surface area contributed by atoms with Crippen molar-refractivity contribution in [2.75, 3.05) is 0 Å². The van der Waals surface area contributed by atoms with Gasteiger partial charge in [0, 0.05) is 22.3 Å². The second-order valence-electron chi connectivity index (χ2n) is 9.01. The lowest BCUT2D eigenvalue weighted by Crippen LogP contribution is -2.29. The smallest absolute Gasteiger partial charge is 0.201 e. The first-order valence-electron chi connectivity index (χ1n) is 11.7. The van der Waals surface area contributed by atoms with E-state index in [1.807, 2.05) is 10.6 Å². The van der Waals surface area contributed by atoms with Crippen LogP contribution in [0, 0.1) is 5.92 Å². The molecular weight excluding hydrogens is 416 g/mol. The maximum Gasteiger partial charge on any atom is 0.201 e. The highest BCUT2D eigenvalue weighted by Gasteiger charge is 2.31. The highest BCUT2D eigenvalue weighted by Crippen LogP contribution is 2.37. The number of benzene rings is 3. The average molecular weight is 446 g/mol. The number of hydrogen-bond acceptors (Lipinski definition) is 2. The quantitative estimate of drug-likeness (QED) is 0.235. The van der Waals surface area contributed by atoms with Gasteiger partial charge in [-0.15, -0.1) is 0 Å². The second-order valence-corrected chi connectivity index (χ2v) is 9.01. The molecule has 0 saturated heterocycles. The van der Waals surface area contributed by atoms with Gasteiger partial charge >= 0.3 is 0 Å². The summed E-state index contributed by atoms with van der Waals surface area (Å²) in [6.45, 7) is 18.6. The van der Waals surface area contributed by atoms with Gasteiger partial charge in [0.1, 0.15) is 23.6 Å². The Kier molecular flexibility index (Phi) is 5.62. The lowest BCUT2D eigenvalue weighted by Gasteiger charge is -2.19. The Bertz CT molecular complexity index is 1490. The molecular formula is C31H29N2O+. The highest BCUT2D eigenvalue weighted by molar-refractivity contribution is 6.20. The standard InChI is InChI=1S/C31H29N2O/c1-6-27-29-23(14-13-20(3)30(21(4)32-27)33(5)7-2)15-18-26-25-17-16-24(19-28(25)34-31(26)29)22-11-9-8-10-12-22/h6-12,15-20,30H,1-2,4-5,13-14H2,3H3/q+1/b32-27-. The van der Waals surface area contributed by atoms with Crippen LogP contribution in [0.1, 0.15) is 24.5 Å². The first-order valence-corrected chi connectivity index (χ1v) is 11.7. The summed E-state index contributed by atoms with van der Waals surface area (Å²) in [6, 6.07) is 21.2. The van der Waals surface area contributed by atoms with Crippen LogP contribution in [0.2, 0.25) is 0 Å². The molecule has 1 aliphatic rings. The maximum absolute atomic E-state index is 6.54. The molecule has 1 aromatic heterocycles. The van der Waals surface area contributed by atoms with Gasteiger partial charge in [0.2, 0.25) is 6.04 Å². The van der Waals surface area contributed by atoms with Crippen molar-refractivity contribution >= 4 is 34.4 Å². The second kappa shape index (κ2) is 8.75. The molecule has 4 aromatic rings. The molecule has 5 rings (SSSR count). The van der Waals surface area contributed by atoms with Crippen LogP contribution >= 0.6 is 0 Å². The van der Waals surface area contributed by atoms with E-state index in [4.69, 9.17) is 9.41 Å². The summed E-state index contributed by atoms with van der Waals surface area (Å²) in [6.07, 6.45) is 5.42. The molecule has 168 valence electrons. The van der Waals surface area contributed by atoms with E-state index in [9.17, 15) is 0 Å². The Morgan fingerprint density at radius 1 is 1.00 bits per heavy atom. The molecule has 0 N–H and O–H groups in total. The van der Waals surface area contributed by atoms with E-state index in [1.165, 1.54) is 11.1 Å². The molecule has 0 spiro atoms. The molecule has 3 nitrogen and oxygen atoms in total. The number of aliphatic imine (C=N–C) groups is 1. The molecule has 2 heterocycles. The molecule has 0 saturated carbocycles. The molecule has 0 fully saturated rings. The fourth-order valence-corrected chi connectivity index (χ4v) is 5.11. The minimum Gasteiger partial charge on any atom is -0.455 e. The van der Waals surface area contributed by atoms with E-state index in [2.05, 4.69) is 88.0 Å². The van der Waals surface area contributed by atoms with Crippen molar-refractivity contribution in [2.24, 2.45) is 10.9 Å². The van der Waals surface area contributed by atoms with E-state index in [0.717, 1.165) is 57.3 Å². The van der Waals surface area contributed by atoms with Crippen LogP contribution in [-0.2, 0) is 6.42 Å². The number of aryl methyl sites for hydroxylation is 1. The predicted molar refractivity (Wildman–Crippen MR) is 144 cm³/mol. The topological polar surface area (TPSA) is 28.5 Å². The van der Waals surface area contributed by atoms with E-state index in [1.54, 1.807) is 12.3 Å². The molecule has 0 amide bonds. The molecule has 2 atom stereocenters. The van der Waals surface area contributed by atoms with E-state index < -0.39 is 0 Å². The molecule has 1 aliphatic heterocycles. The Labute approximate surface area is 200 Å². The monoisotopic (exact) mass is 445 g/mol. The number of nitrogens with zero attached hydrogens (tertiary/aromatic N) is 2. The van der Waals surface area contributed by atoms with Crippen LogP contribution < -0.4 is 0 Å². The number of furan rings is 1. The Morgan fingerprint density at radius 2 is 1.76 bits per heavy atom. The molecule has 2 unspecified atom stereocenters. The summed E-state index contributed by atoms with van der Waals surface area (Å²) < 4.78 is 8.40. The van der Waals surface area contributed by atoms with Crippen LogP contribution in [-0.4, -0.2) is 23.0 Å². The number of hydrogen-bond donors (Lipinski definition) is 0. The van der Waals surface area contributed by atoms with Crippen molar-refractivity contribution < 1.29 is 8.99 Å². The largest absolute Gasteiger partial charge is 0.455 e. The van der Waals surface area contributed by atoms with Gasteiger partial charge in [0.05, 0.1) is 5.71 Å². The van der Waals surface area contributed by atoms with E-state index in [-0.39, 0.29) is 6.04 Å². The van der Waals surface area contributed by atoms with Crippen LogP contribution in [0.4, 0.5) is 0 Å². The fraction of sp³-hybridized carbons (Fsp3) is 0.161. The summed E-state index contributed by atoms with van der Waals surface area (Å²) in [5.41, 5.74) is 7.78. The summed E-state index contributed by atoms with van der Waals surface area (Å²) >= 11 is 0. The van der Waals surface area contributed by atoms with Crippen molar-refractivity contribution in [3.63, 3.8) is 0 Å². The molecule has 0 bridgehead atoms. The molecule has 34 heavy (non-hydrogen) atoms. The van der Waals surface area contributed by atoms with Gasteiger partial charge in [-0.05, 0) is 54.3 Å². The van der Waals surface area contributed by atoms with Gasteiger partial charge in [-0.25, -0.2) is 9.57 Å². The number of fused-ring (bicyclic) bond motifs is 5. The zero-order chi connectivity index (χ0) is 23.8. The summed E-state index contributed by atoms with van der Waals surface area (Å²) in [5, 5.41) is 2.18. The first-order chi connectivity index (χ1) is 16.5. The van der Waals surface area contributed by atoms with Crippen molar-refractivity contribution in [2.45, 2.75) is 25.8 Å². The SMILES string of the molecule is C=C/C1=N/C(=C)C([N+](=C)C=C)C(C)CCc2ccc3c(oc4cc(-c5ccccc5)ccc43)c21. The predicted octanol–water partition coefficient (Wildman–Crippen LogP) is 7.55. The van der Waals surface area contributed by atoms with Crippen molar-refractivity contribution in [1.29, 1.82) is 0 Å². The van der Waals surface area contributed by atoms with E-state index in [0.29, 0.717) is 5.92 Å². The van der Waals surface area contributed by atoms with Gasteiger partial charge < -0.3 is 4.42 Å². The van der Waals surface area contributed by atoms with Crippen LogP contribution in [0.25, 0.3) is 33.1 Å². The fourth-order valence-electron chi connectivity index (χ4n) is 5.11. The third-order valence-electron chi connectivity index (χ3n) is 6.89. The van der Waals surface area contributed by atoms with E-state index >= 15 is 0 Å². The summed E-state index contributed by atoms with van der Waals surface area (Å²) in [7, 11) is 0. The Balaban J connectivity index is 1.72. The molecule has 0 aliphatic carbocycles. The first kappa shape index (κ1) is 21.8. The lowest BCUT2D eigenvalue weighted by atomic mass is 9.90. The third kappa shape index (κ3) is 3.63. The highest BCUT2D eigenvalue weighted by atomic mass is 16.3. The van der Waals surface area contributed by atoms with Gasteiger partial charge in [-0.1, -0.05) is 68.6 Å². The minimum atomic E-state index is -0.0265. The van der Waals surface area contributed by atoms with Gasteiger partial charge in [-0.3, -0.25) is 0 Å². The zero-order valence-electron chi connectivity index (χ0n) is 19.6. The molecule has 3 heteroatoms. The Morgan fingerprint density at radius 3 is 2.50 bits per heavy atom. The van der Waals surface area contributed by atoms with Gasteiger partial charge in [0.15, 0.2) is 6.20 Å². The molecule has 3 aromatic carbocycles. The molecule has 0 radical (unpaired) electrons. The van der Waals surface area contributed by atoms with Crippen molar-refractivity contribution in [1.82, 2.24) is 0 Å². The normalized spacial score (nSPS) is 20.0. The number of rotatable bonds is 4. The van der Waals surface area contributed by atoms with Crippen molar-refractivity contribution in [3.05, 3.63) is 110 Å². The van der Waals surface area contributed by atoms with Gasteiger partial charge in [-0.2, -0.15) is 0 Å². The van der Waals surface area contributed by atoms with Crippen LogP contribution in [0.5, 0.6) is 0 Å². The average Bonchev–Trinajstić information content (AvgIpc) is 3.25. The van der Waals surface area contributed by atoms with Crippen LogP contribution in [0.15, 0.2) is 108 Å². The van der Waals surface area contributed by atoms with Crippen molar-refractivity contribution in [3.8, 4) is 11.1 Å². The number of allylic oxidation sites excluding steroid dienone is 1. The maximum atomic E-state index is 6.54. The van der Waals surface area contributed by atoms with Gasteiger partial charge in [0.25, 0.3) is 0 Å². The summed E-state index contributed by atoms with van der Waals surface area (Å²) in [5.74, 6) is 0.309. The third-order valence-corrected chi connectivity index (χ3v) is 6.89.